The van der Waals surface area contributed by atoms with Gasteiger partial charge in [-0.2, -0.15) is 10.4 Å². The lowest BCUT2D eigenvalue weighted by molar-refractivity contribution is 0.954. The Hall–Kier alpha value is -2.35. The van der Waals surface area contributed by atoms with Crippen molar-refractivity contribution in [1.82, 2.24) is 15.2 Å². The lowest BCUT2D eigenvalue weighted by atomic mass is 10.1. The van der Waals surface area contributed by atoms with Crippen molar-refractivity contribution in [3.05, 3.63) is 41.5 Å². The van der Waals surface area contributed by atoms with E-state index >= 15 is 0 Å². The van der Waals surface area contributed by atoms with E-state index in [-0.39, 0.29) is 0 Å². The normalized spacial score (nSPS) is 9.75. The summed E-state index contributed by atoms with van der Waals surface area (Å²) in [6, 6.07) is 7.86. The SMILES string of the molecule is Cc1ccc(NCc2ncn[nH]2)c(C#N)c1. The van der Waals surface area contributed by atoms with Crippen LogP contribution in [0.25, 0.3) is 0 Å². The fourth-order valence-corrected chi connectivity index (χ4v) is 1.40. The number of nitrogens with one attached hydrogen (secondary N) is 2. The Morgan fingerprint density at radius 1 is 1.50 bits per heavy atom. The van der Waals surface area contributed by atoms with E-state index in [0.29, 0.717) is 12.1 Å². The van der Waals surface area contributed by atoms with E-state index in [1.807, 2.05) is 25.1 Å². The summed E-state index contributed by atoms with van der Waals surface area (Å²) in [4.78, 5) is 3.99. The van der Waals surface area contributed by atoms with E-state index in [0.717, 1.165) is 17.1 Å². The van der Waals surface area contributed by atoms with Gasteiger partial charge in [-0.15, -0.1) is 0 Å². The number of benzene rings is 1. The largest absolute Gasteiger partial charge is 0.377 e. The second kappa shape index (κ2) is 4.45. The molecule has 0 aliphatic heterocycles. The molecule has 1 aromatic carbocycles. The number of aryl methyl sites for hydroxylation is 1. The van der Waals surface area contributed by atoms with Crippen LogP contribution in [0.1, 0.15) is 17.0 Å². The fraction of sp³-hybridized carbons (Fsp3) is 0.182. The minimum absolute atomic E-state index is 0.526. The predicted molar refractivity (Wildman–Crippen MR) is 59.6 cm³/mol. The van der Waals surface area contributed by atoms with Crippen molar-refractivity contribution >= 4 is 5.69 Å². The molecule has 2 N–H and O–H groups in total. The van der Waals surface area contributed by atoms with Crippen LogP contribution in [-0.2, 0) is 6.54 Å². The summed E-state index contributed by atoms with van der Waals surface area (Å²) in [7, 11) is 0. The maximum absolute atomic E-state index is 8.97. The molecule has 0 spiro atoms. The molecule has 0 fully saturated rings. The maximum Gasteiger partial charge on any atom is 0.143 e. The first kappa shape index (κ1) is 10.2. The van der Waals surface area contributed by atoms with E-state index in [1.54, 1.807) is 0 Å². The first-order valence-corrected chi connectivity index (χ1v) is 4.88. The lowest BCUT2D eigenvalue weighted by Crippen LogP contribution is -2.03. The number of nitrogens with zero attached hydrogens (tertiary/aromatic N) is 3. The number of rotatable bonds is 3. The Balaban J connectivity index is 2.13. The molecule has 2 aromatic rings. The Morgan fingerprint density at radius 3 is 3.06 bits per heavy atom. The number of hydrogen-bond acceptors (Lipinski definition) is 4. The van der Waals surface area contributed by atoms with Crippen LogP contribution in [0.5, 0.6) is 0 Å². The zero-order valence-electron chi connectivity index (χ0n) is 8.86. The van der Waals surface area contributed by atoms with Gasteiger partial charge in [0.1, 0.15) is 18.2 Å². The monoisotopic (exact) mass is 213 g/mol. The van der Waals surface area contributed by atoms with Crippen LogP contribution in [0.3, 0.4) is 0 Å². The molecular weight excluding hydrogens is 202 g/mol. The average molecular weight is 213 g/mol. The molecule has 5 heteroatoms. The molecule has 1 aromatic heterocycles. The number of aromatic nitrogens is 3. The van der Waals surface area contributed by atoms with Gasteiger partial charge >= 0.3 is 0 Å². The smallest absolute Gasteiger partial charge is 0.143 e. The number of hydrogen-bond donors (Lipinski definition) is 2. The highest BCUT2D eigenvalue weighted by Crippen LogP contribution is 2.16. The summed E-state index contributed by atoms with van der Waals surface area (Å²) in [6.07, 6.45) is 1.46. The summed E-state index contributed by atoms with van der Waals surface area (Å²) in [5.41, 5.74) is 2.52. The van der Waals surface area contributed by atoms with E-state index in [9.17, 15) is 0 Å². The molecule has 16 heavy (non-hydrogen) atoms. The number of anilines is 1. The van der Waals surface area contributed by atoms with Crippen molar-refractivity contribution in [2.75, 3.05) is 5.32 Å². The van der Waals surface area contributed by atoms with E-state index in [1.165, 1.54) is 6.33 Å². The van der Waals surface area contributed by atoms with Gasteiger partial charge in [-0.25, -0.2) is 4.98 Å². The Bertz CT molecular complexity index is 510. The first-order chi connectivity index (χ1) is 7.79. The molecule has 5 nitrogen and oxygen atoms in total. The topological polar surface area (TPSA) is 77.4 Å². The number of aromatic amines is 1. The molecule has 1 heterocycles. The average Bonchev–Trinajstić information content (AvgIpc) is 2.80. The highest BCUT2D eigenvalue weighted by molar-refractivity contribution is 5.58. The molecule has 0 radical (unpaired) electrons. The summed E-state index contributed by atoms with van der Waals surface area (Å²) >= 11 is 0. The Morgan fingerprint density at radius 2 is 2.38 bits per heavy atom. The van der Waals surface area contributed by atoms with Crippen LogP contribution < -0.4 is 5.32 Å². The van der Waals surface area contributed by atoms with Gasteiger partial charge in [0, 0.05) is 0 Å². The second-order valence-corrected chi connectivity index (χ2v) is 3.45. The number of nitriles is 1. The third-order valence-corrected chi connectivity index (χ3v) is 2.21. The van der Waals surface area contributed by atoms with Crippen molar-refractivity contribution in [1.29, 1.82) is 5.26 Å². The molecule has 0 atom stereocenters. The van der Waals surface area contributed by atoms with Gasteiger partial charge in [0.25, 0.3) is 0 Å². The zero-order chi connectivity index (χ0) is 11.4. The Kier molecular flexibility index (Phi) is 2.83. The lowest BCUT2D eigenvalue weighted by Gasteiger charge is -2.06. The third-order valence-electron chi connectivity index (χ3n) is 2.21. The van der Waals surface area contributed by atoms with E-state index in [2.05, 4.69) is 26.6 Å². The van der Waals surface area contributed by atoms with E-state index in [4.69, 9.17) is 5.26 Å². The van der Waals surface area contributed by atoms with Gasteiger partial charge < -0.3 is 5.32 Å². The summed E-state index contributed by atoms with van der Waals surface area (Å²) in [5.74, 6) is 0.740. The van der Waals surface area contributed by atoms with Crippen LogP contribution in [0, 0.1) is 18.3 Å². The van der Waals surface area contributed by atoms with Crippen LogP contribution >= 0.6 is 0 Å². The molecule has 0 amide bonds. The molecule has 0 saturated carbocycles. The maximum atomic E-state index is 8.97. The number of H-pyrrole nitrogens is 1. The summed E-state index contributed by atoms with van der Waals surface area (Å²) in [6.45, 7) is 2.48. The van der Waals surface area contributed by atoms with Gasteiger partial charge in [-0.1, -0.05) is 6.07 Å². The third kappa shape index (κ3) is 2.17. The van der Waals surface area contributed by atoms with Crippen LogP contribution in [0.4, 0.5) is 5.69 Å². The summed E-state index contributed by atoms with van der Waals surface area (Å²) in [5, 5.41) is 18.6. The zero-order valence-corrected chi connectivity index (χ0v) is 8.86. The van der Waals surface area contributed by atoms with Crippen LogP contribution in [0.15, 0.2) is 24.5 Å². The fourth-order valence-electron chi connectivity index (χ4n) is 1.40. The molecule has 0 saturated heterocycles. The van der Waals surface area contributed by atoms with Crippen LogP contribution in [0.2, 0.25) is 0 Å². The molecule has 80 valence electrons. The van der Waals surface area contributed by atoms with E-state index < -0.39 is 0 Å². The Labute approximate surface area is 93.1 Å². The quantitative estimate of drug-likeness (QED) is 0.811. The molecule has 0 bridgehead atoms. The molecule has 0 aliphatic rings. The van der Waals surface area contributed by atoms with Crippen molar-refractivity contribution in [3.63, 3.8) is 0 Å². The van der Waals surface area contributed by atoms with Gasteiger partial charge in [-0.05, 0) is 24.6 Å². The minimum atomic E-state index is 0.526. The van der Waals surface area contributed by atoms with Gasteiger partial charge in [0.15, 0.2) is 0 Å². The highest BCUT2D eigenvalue weighted by Gasteiger charge is 2.02. The standard InChI is InChI=1S/C11H11N5/c1-8-2-3-10(9(4-8)5-12)13-6-11-14-7-15-16-11/h2-4,7,13H,6H2,1H3,(H,14,15,16). The van der Waals surface area contributed by atoms with Crippen molar-refractivity contribution in [2.45, 2.75) is 13.5 Å². The molecule has 2 rings (SSSR count). The molecular formula is C11H11N5. The van der Waals surface area contributed by atoms with Crippen molar-refractivity contribution in [3.8, 4) is 6.07 Å². The highest BCUT2D eigenvalue weighted by atomic mass is 15.2. The van der Waals surface area contributed by atoms with Crippen molar-refractivity contribution < 1.29 is 0 Å². The minimum Gasteiger partial charge on any atom is -0.377 e. The first-order valence-electron chi connectivity index (χ1n) is 4.88. The van der Waals surface area contributed by atoms with Crippen molar-refractivity contribution in [2.24, 2.45) is 0 Å². The second-order valence-electron chi connectivity index (χ2n) is 3.45. The predicted octanol–water partition coefficient (Wildman–Crippen LogP) is 1.60. The molecule has 0 unspecified atom stereocenters. The molecule has 0 aliphatic carbocycles. The van der Waals surface area contributed by atoms with Gasteiger partial charge in [0.05, 0.1) is 17.8 Å². The summed E-state index contributed by atoms with van der Waals surface area (Å²) < 4.78 is 0. The van der Waals surface area contributed by atoms with Crippen LogP contribution in [-0.4, -0.2) is 15.2 Å². The van der Waals surface area contributed by atoms with Gasteiger partial charge in [0.2, 0.25) is 0 Å². The van der Waals surface area contributed by atoms with Gasteiger partial charge in [-0.3, -0.25) is 5.10 Å².